The molecule has 2 aromatic heterocycles. The molecule has 0 amide bonds. The zero-order valence-electron chi connectivity index (χ0n) is 24.3. The summed E-state index contributed by atoms with van der Waals surface area (Å²) in [7, 11) is 0. The van der Waals surface area contributed by atoms with Gasteiger partial charge in [-0.15, -0.1) is 11.3 Å². The standard InChI is InChI=1S/C34H35NO7S/c1-32-13-11-20(36)16-19(32)9-10-21-22-12-14-34(33(22,2)18-25(38)29(21)32,42-31(40)26-7-5-15-41-26)28(39)17-24(37)30-35-23-6-3-4-8-27(23)43-30/h3-8,15-16,21-22,25,29,38H,9-14,17-18H2,1-2H3/t21?,22?,25-,29?,32?,33?,34-/m0/s1. The number of aromatic nitrogens is 1. The lowest BCUT2D eigenvalue weighted by molar-refractivity contribution is -0.181. The average molecular weight is 602 g/mol. The molecular weight excluding hydrogens is 566 g/mol. The summed E-state index contributed by atoms with van der Waals surface area (Å²) < 4.78 is 12.4. The molecule has 3 saturated carbocycles. The van der Waals surface area contributed by atoms with Crippen molar-refractivity contribution in [3.05, 3.63) is 65.1 Å². The molecule has 8 nitrogen and oxygen atoms in total. The highest BCUT2D eigenvalue weighted by atomic mass is 32.1. The Kier molecular flexibility index (Phi) is 6.63. The Labute approximate surface area is 253 Å². The first-order chi connectivity index (χ1) is 20.6. The molecule has 7 atom stereocenters. The van der Waals surface area contributed by atoms with E-state index in [4.69, 9.17) is 9.15 Å². The van der Waals surface area contributed by atoms with E-state index in [1.807, 2.05) is 31.2 Å². The van der Waals surface area contributed by atoms with Crippen LogP contribution in [0.15, 0.2) is 58.7 Å². The SMILES string of the molecule is CC12CCC(=O)C=C1CCC1C2[C@@H](O)CC2(C)C1CC[C@]2(OC(=O)c1ccco1)C(=O)CC(=O)c1nc2ccccc2s1. The van der Waals surface area contributed by atoms with Crippen molar-refractivity contribution in [3.63, 3.8) is 0 Å². The van der Waals surface area contributed by atoms with Gasteiger partial charge >= 0.3 is 5.97 Å². The molecule has 3 aromatic rings. The summed E-state index contributed by atoms with van der Waals surface area (Å²) in [5.74, 6) is -1.48. The largest absolute Gasteiger partial charge is 0.457 e. The minimum Gasteiger partial charge on any atom is -0.457 e. The molecule has 1 aromatic carbocycles. The summed E-state index contributed by atoms with van der Waals surface area (Å²) in [5, 5.41) is 12.1. The van der Waals surface area contributed by atoms with Crippen LogP contribution in [0.3, 0.4) is 0 Å². The first kappa shape index (κ1) is 28.3. The fraction of sp³-hybridized carbons (Fsp3) is 0.500. The maximum atomic E-state index is 14.4. The molecule has 0 aliphatic heterocycles. The molecule has 43 heavy (non-hydrogen) atoms. The average Bonchev–Trinajstić information content (AvgIpc) is 3.72. The van der Waals surface area contributed by atoms with Crippen LogP contribution in [0.25, 0.3) is 10.2 Å². The van der Waals surface area contributed by atoms with Crippen molar-refractivity contribution in [2.24, 2.45) is 28.6 Å². The summed E-state index contributed by atoms with van der Waals surface area (Å²) in [6, 6.07) is 10.5. The van der Waals surface area contributed by atoms with Crippen LogP contribution in [-0.4, -0.2) is 45.1 Å². The van der Waals surface area contributed by atoms with Crippen LogP contribution in [0.1, 0.15) is 85.6 Å². The second-order valence-electron chi connectivity index (χ2n) is 13.3. The van der Waals surface area contributed by atoms with Gasteiger partial charge in [-0.1, -0.05) is 31.6 Å². The fourth-order valence-electron chi connectivity index (χ4n) is 9.32. The second-order valence-corrected chi connectivity index (χ2v) is 14.4. The van der Waals surface area contributed by atoms with Crippen molar-refractivity contribution in [3.8, 4) is 0 Å². The number of benzene rings is 1. The highest BCUT2D eigenvalue weighted by Crippen LogP contribution is 2.68. The molecule has 2 heterocycles. The van der Waals surface area contributed by atoms with Gasteiger partial charge in [0, 0.05) is 11.8 Å². The number of hydrogen-bond donors (Lipinski definition) is 1. The third-order valence-electron chi connectivity index (χ3n) is 11.3. The maximum absolute atomic E-state index is 14.4. The molecule has 3 fully saturated rings. The Morgan fingerprint density at radius 3 is 2.67 bits per heavy atom. The number of furan rings is 1. The van der Waals surface area contributed by atoms with Gasteiger partial charge in [-0.05, 0) is 92.0 Å². The number of esters is 1. The van der Waals surface area contributed by atoms with Gasteiger partial charge in [0.1, 0.15) is 0 Å². The molecule has 1 N–H and O–H groups in total. The van der Waals surface area contributed by atoms with Crippen LogP contribution < -0.4 is 0 Å². The number of fused-ring (bicyclic) bond motifs is 6. The number of Topliss-reactive ketones (excluding diaryl/α,β-unsaturated/α-hetero) is 2. The molecule has 0 radical (unpaired) electrons. The molecule has 4 aliphatic carbocycles. The zero-order valence-corrected chi connectivity index (χ0v) is 25.2. The lowest BCUT2D eigenvalue weighted by atomic mass is 9.45. The van der Waals surface area contributed by atoms with Gasteiger partial charge < -0.3 is 14.3 Å². The van der Waals surface area contributed by atoms with Crippen LogP contribution >= 0.6 is 11.3 Å². The monoisotopic (exact) mass is 601 g/mol. The van der Waals surface area contributed by atoms with E-state index in [9.17, 15) is 24.3 Å². The molecule has 9 heteroatoms. The van der Waals surface area contributed by atoms with Crippen molar-refractivity contribution in [2.75, 3.05) is 0 Å². The van der Waals surface area contributed by atoms with Crippen molar-refractivity contribution in [1.82, 2.24) is 4.98 Å². The number of thiazole rings is 1. The van der Waals surface area contributed by atoms with Gasteiger partial charge in [0.15, 0.2) is 28.0 Å². The van der Waals surface area contributed by atoms with Crippen LogP contribution in [0.4, 0.5) is 0 Å². The van der Waals surface area contributed by atoms with Crippen molar-refractivity contribution in [1.29, 1.82) is 0 Å². The van der Waals surface area contributed by atoms with Gasteiger partial charge in [-0.3, -0.25) is 14.4 Å². The maximum Gasteiger partial charge on any atom is 0.375 e. The number of ether oxygens (including phenoxy) is 1. The topological polar surface area (TPSA) is 124 Å². The first-order valence-corrected chi connectivity index (χ1v) is 16.0. The Morgan fingerprint density at radius 2 is 1.91 bits per heavy atom. The Balaban J connectivity index is 1.25. The molecule has 0 spiro atoms. The Morgan fingerprint density at radius 1 is 1.09 bits per heavy atom. The van der Waals surface area contributed by atoms with E-state index in [1.165, 1.54) is 23.7 Å². The van der Waals surface area contributed by atoms with E-state index in [-0.39, 0.29) is 52.6 Å². The number of allylic oxidation sites excluding steroid dienone is 1. The van der Waals surface area contributed by atoms with Crippen LogP contribution in [0.2, 0.25) is 0 Å². The van der Waals surface area contributed by atoms with Crippen LogP contribution in [0, 0.1) is 28.6 Å². The number of hydrogen-bond acceptors (Lipinski definition) is 9. The number of aliphatic hydroxyl groups excluding tert-OH is 1. The summed E-state index contributed by atoms with van der Waals surface area (Å²) in [6.07, 6.45) is 5.82. The van der Waals surface area contributed by atoms with Crippen LogP contribution in [0.5, 0.6) is 0 Å². The molecule has 0 bridgehead atoms. The quantitative estimate of drug-likeness (QED) is 0.203. The number of aliphatic hydroxyl groups is 1. The summed E-state index contributed by atoms with van der Waals surface area (Å²) in [4.78, 5) is 58.1. The Bertz CT molecular complexity index is 1640. The zero-order chi connectivity index (χ0) is 30.1. The van der Waals surface area contributed by atoms with Crippen molar-refractivity contribution < 1.29 is 33.4 Å². The van der Waals surface area contributed by atoms with Gasteiger partial charge in [0.25, 0.3) is 0 Å². The number of nitrogens with zero attached hydrogens (tertiary/aromatic N) is 1. The van der Waals surface area contributed by atoms with Crippen molar-refractivity contribution >= 4 is 44.9 Å². The van der Waals surface area contributed by atoms with Crippen molar-refractivity contribution in [2.45, 2.75) is 76.9 Å². The number of carbonyl (C=O) groups excluding carboxylic acids is 4. The van der Waals surface area contributed by atoms with E-state index < -0.39 is 41.1 Å². The molecule has 0 saturated heterocycles. The molecule has 4 aliphatic rings. The van der Waals surface area contributed by atoms with Crippen LogP contribution in [-0.2, 0) is 14.3 Å². The fourth-order valence-corrected chi connectivity index (χ4v) is 10.2. The van der Waals surface area contributed by atoms with E-state index in [0.29, 0.717) is 24.8 Å². The van der Waals surface area contributed by atoms with E-state index >= 15 is 0 Å². The lowest BCUT2D eigenvalue weighted by Gasteiger charge is -2.60. The molecule has 224 valence electrons. The predicted octanol–water partition coefficient (Wildman–Crippen LogP) is 6.13. The number of carbonyl (C=O) groups is 4. The smallest absolute Gasteiger partial charge is 0.375 e. The van der Waals surface area contributed by atoms with E-state index in [1.54, 1.807) is 12.1 Å². The van der Waals surface area contributed by atoms with Gasteiger partial charge in [0.2, 0.25) is 5.76 Å². The molecule has 5 unspecified atom stereocenters. The highest BCUT2D eigenvalue weighted by molar-refractivity contribution is 7.20. The first-order valence-electron chi connectivity index (χ1n) is 15.2. The van der Waals surface area contributed by atoms with E-state index in [0.717, 1.165) is 23.1 Å². The lowest BCUT2D eigenvalue weighted by Crippen LogP contribution is -2.63. The normalized spacial score (nSPS) is 35.0. The van der Waals surface area contributed by atoms with Gasteiger partial charge in [-0.2, -0.15) is 0 Å². The van der Waals surface area contributed by atoms with E-state index in [2.05, 4.69) is 11.9 Å². The summed E-state index contributed by atoms with van der Waals surface area (Å²) >= 11 is 1.24. The highest BCUT2D eigenvalue weighted by Gasteiger charge is 2.70. The number of ketones is 3. The minimum atomic E-state index is -1.61. The number of rotatable bonds is 6. The summed E-state index contributed by atoms with van der Waals surface area (Å²) in [5.41, 5.74) is -0.984. The second kappa shape index (κ2) is 10.1. The molecule has 7 rings (SSSR count). The third kappa shape index (κ3) is 4.22. The van der Waals surface area contributed by atoms with Gasteiger partial charge in [-0.25, -0.2) is 9.78 Å². The summed E-state index contributed by atoms with van der Waals surface area (Å²) in [6.45, 7) is 4.13. The number of para-hydroxylation sites is 1. The predicted molar refractivity (Wildman–Crippen MR) is 159 cm³/mol. The Hall–Kier alpha value is -3.43. The van der Waals surface area contributed by atoms with Gasteiger partial charge in [0.05, 0.1) is 29.0 Å². The minimum absolute atomic E-state index is 0.0113. The molecular formula is C34H35NO7S. The third-order valence-corrected chi connectivity index (χ3v) is 12.4.